The summed E-state index contributed by atoms with van der Waals surface area (Å²) in [4.78, 5) is 24.3. The van der Waals surface area contributed by atoms with E-state index in [9.17, 15) is 18.0 Å². The average Bonchev–Trinajstić information content (AvgIpc) is 3.04. The monoisotopic (exact) mass is 449 g/mol. The van der Waals surface area contributed by atoms with Gasteiger partial charge in [0.05, 0.1) is 30.8 Å². The number of methoxy groups -OCH3 is 1. The Kier molecular flexibility index (Phi) is 6.84. The SMILES string of the molecule is COc1cc(NC(=O)C(=O)NCCn2nc(C)cc2C)ccc1N1CCCCS1(=O)=O. The minimum absolute atomic E-state index is 0.0897. The molecule has 0 aliphatic carbocycles. The molecular formula is C20H27N5O5S. The van der Waals surface area contributed by atoms with Crippen molar-refractivity contribution >= 4 is 33.2 Å². The first-order valence-electron chi connectivity index (χ1n) is 10.00. The van der Waals surface area contributed by atoms with Gasteiger partial charge in [0.1, 0.15) is 5.75 Å². The van der Waals surface area contributed by atoms with Crippen molar-refractivity contribution < 1.29 is 22.7 Å². The highest BCUT2D eigenvalue weighted by Gasteiger charge is 2.28. The van der Waals surface area contributed by atoms with Crippen molar-refractivity contribution in [1.29, 1.82) is 0 Å². The molecule has 0 spiro atoms. The molecule has 0 atom stereocenters. The van der Waals surface area contributed by atoms with E-state index in [0.29, 0.717) is 36.6 Å². The molecule has 0 unspecified atom stereocenters. The van der Waals surface area contributed by atoms with Crippen LogP contribution in [0.2, 0.25) is 0 Å². The van der Waals surface area contributed by atoms with Gasteiger partial charge in [-0.2, -0.15) is 5.10 Å². The van der Waals surface area contributed by atoms with Gasteiger partial charge in [0, 0.05) is 30.5 Å². The average molecular weight is 450 g/mol. The molecule has 11 heteroatoms. The van der Waals surface area contributed by atoms with Crippen molar-refractivity contribution in [1.82, 2.24) is 15.1 Å². The van der Waals surface area contributed by atoms with Gasteiger partial charge in [-0.3, -0.25) is 18.6 Å². The number of aryl methyl sites for hydroxylation is 2. The Bertz CT molecular complexity index is 1080. The largest absolute Gasteiger partial charge is 0.494 e. The molecule has 0 bridgehead atoms. The lowest BCUT2D eigenvalue weighted by Gasteiger charge is -2.29. The van der Waals surface area contributed by atoms with E-state index < -0.39 is 21.8 Å². The number of benzene rings is 1. The Morgan fingerprint density at radius 2 is 1.94 bits per heavy atom. The first kappa shape index (κ1) is 22.6. The zero-order chi connectivity index (χ0) is 22.6. The third-order valence-corrected chi connectivity index (χ3v) is 6.83. The highest BCUT2D eigenvalue weighted by Crippen LogP contribution is 2.34. The predicted molar refractivity (Wildman–Crippen MR) is 117 cm³/mol. The number of hydrogen-bond donors (Lipinski definition) is 2. The summed E-state index contributed by atoms with van der Waals surface area (Å²) in [5.74, 6) is -1.21. The number of rotatable bonds is 6. The molecule has 10 nitrogen and oxygen atoms in total. The van der Waals surface area contributed by atoms with E-state index in [2.05, 4.69) is 15.7 Å². The summed E-state index contributed by atoms with van der Waals surface area (Å²) in [6.45, 7) is 4.88. The molecule has 31 heavy (non-hydrogen) atoms. The Hall–Kier alpha value is -3.08. The van der Waals surface area contributed by atoms with Crippen LogP contribution in [0, 0.1) is 13.8 Å². The number of nitrogens with one attached hydrogen (secondary N) is 2. The minimum atomic E-state index is -3.40. The van der Waals surface area contributed by atoms with Crippen LogP contribution in [0.1, 0.15) is 24.2 Å². The van der Waals surface area contributed by atoms with Gasteiger partial charge in [-0.25, -0.2) is 8.42 Å². The minimum Gasteiger partial charge on any atom is -0.494 e. The van der Waals surface area contributed by atoms with Crippen LogP contribution in [0.25, 0.3) is 0 Å². The molecule has 1 aromatic carbocycles. The summed E-state index contributed by atoms with van der Waals surface area (Å²) < 4.78 is 33.2. The highest BCUT2D eigenvalue weighted by molar-refractivity contribution is 7.92. The first-order valence-corrected chi connectivity index (χ1v) is 11.6. The molecule has 1 aliphatic heterocycles. The van der Waals surface area contributed by atoms with E-state index in [4.69, 9.17) is 4.74 Å². The van der Waals surface area contributed by atoms with Crippen LogP contribution in [-0.4, -0.2) is 56.0 Å². The van der Waals surface area contributed by atoms with Gasteiger partial charge in [-0.1, -0.05) is 0 Å². The molecule has 0 radical (unpaired) electrons. The molecule has 1 aliphatic rings. The van der Waals surface area contributed by atoms with E-state index in [-0.39, 0.29) is 12.3 Å². The van der Waals surface area contributed by atoms with E-state index in [1.54, 1.807) is 16.8 Å². The van der Waals surface area contributed by atoms with E-state index in [1.165, 1.54) is 17.5 Å². The molecule has 1 fully saturated rings. The molecule has 3 rings (SSSR count). The van der Waals surface area contributed by atoms with Crippen molar-refractivity contribution in [3.05, 3.63) is 35.7 Å². The Morgan fingerprint density at radius 3 is 2.58 bits per heavy atom. The molecule has 1 aromatic heterocycles. The summed E-state index contributed by atoms with van der Waals surface area (Å²) >= 11 is 0. The van der Waals surface area contributed by atoms with Crippen LogP contribution in [0.15, 0.2) is 24.3 Å². The van der Waals surface area contributed by atoms with Gasteiger partial charge < -0.3 is 15.4 Å². The maximum atomic E-state index is 12.4. The number of amides is 2. The van der Waals surface area contributed by atoms with Gasteiger partial charge in [0.2, 0.25) is 10.0 Å². The Balaban J connectivity index is 1.61. The Labute approximate surface area is 181 Å². The smallest absolute Gasteiger partial charge is 0.313 e. The molecule has 2 heterocycles. The lowest BCUT2D eigenvalue weighted by molar-refractivity contribution is -0.136. The van der Waals surface area contributed by atoms with Crippen LogP contribution >= 0.6 is 0 Å². The van der Waals surface area contributed by atoms with Gasteiger partial charge in [0.15, 0.2) is 0 Å². The number of carbonyl (C=O) groups excluding carboxylic acids is 2. The fourth-order valence-electron chi connectivity index (χ4n) is 3.47. The Morgan fingerprint density at radius 1 is 1.16 bits per heavy atom. The van der Waals surface area contributed by atoms with Crippen molar-refractivity contribution in [2.24, 2.45) is 0 Å². The van der Waals surface area contributed by atoms with E-state index in [0.717, 1.165) is 17.8 Å². The number of aromatic nitrogens is 2. The van der Waals surface area contributed by atoms with Crippen LogP contribution in [0.3, 0.4) is 0 Å². The zero-order valence-corrected chi connectivity index (χ0v) is 18.7. The third-order valence-electron chi connectivity index (χ3n) is 4.97. The second-order valence-electron chi connectivity index (χ2n) is 7.34. The maximum Gasteiger partial charge on any atom is 0.313 e. The molecular weight excluding hydrogens is 422 g/mol. The van der Waals surface area contributed by atoms with Crippen LogP contribution in [0.5, 0.6) is 5.75 Å². The third kappa shape index (κ3) is 5.35. The number of carbonyl (C=O) groups is 2. The standard InChI is InChI=1S/C20H27N5O5S/c1-14-12-15(2)24(23-14)10-8-21-19(26)20(27)22-16-6-7-17(18(13-16)30-3)25-9-4-5-11-31(25,28)29/h6-7,12-13H,4-5,8-11H2,1-3H3,(H,21,26)(H,22,27). The number of sulfonamides is 1. The van der Waals surface area contributed by atoms with E-state index >= 15 is 0 Å². The number of anilines is 2. The molecule has 2 N–H and O–H groups in total. The number of ether oxygens (including phenoxy) is 1. The van der Waals surface area contributed by atoms with Crippen molar-refractivity contribution in [3.63, 3.8) is 0 Å². The van der Waals surface area contributed by atoms with Crippen LogP contribution in [-0.2, 0) is 26.2 Å². The molecule has 168 valence electrons. The summed E-state index contributed by atoms with van der Waals surface area (Å²) in [6, 6.07) is 6.54. The zero-order valence-electron chi connectivity index (χ0n) is 17.8. The lowest BCUT2D eigenvalue weighted by Crippen LogP contribution is -2.38. The molecule has 2 aromatic rings. The lowest BCUT2D eigenvalue weighted by atomic mass is 10.2. The molecule has 2 amide bonds. The second-order valence-corrected chi connectivity index (χ2v) is 9.35. The summed E-state index contributed by atoms with van der Waals surface area (Å²) in [5.41, 5.74) is 2.60. The molecule has 0 saturated carbocycles. The normalized spacial score (nSPS) is 15.4. The van der Waals surface area contributed by atoms with Crippen LogP contribution < -0.4 is 19.7 Å². The van der Waals surface area contributed by atoms with Crippen molar-refractivity contribution in [2.45, 2.75) is 33.2 Å². The molecule has 1 saturated heterocycles. The summed E-state index contributed by atoms with van der Waals surface area (Å²) in [7, 11) is -1.98. The van der Waals surface area contributed by atoms with Gasteiger partial charge >= 0.3 is 11.8 Å². The van der Waals surface area contributed by atoms with Gasteiger partial charge in [0.25, 0.3) is 0 Å². The van der Waals surface area contributed by atoms with Crippen molar-refractivity contribution in [2.75, 3.05) is 35.6 Å². The first-order chi connectivity index (χ1) is 14.7. The summed E-state index contributed by atoms with van der Waals surface area (Å²) in [5, 5.41) is 9.37. The van der Waals surface area contributed by atoms with E-state index in [1.807, 2.05) is 19.9 Å². The van der Waals surface area contributed by atoms with Crippen LogP contribution in [0.4, 0.5) is 11.4 Å². The van der Waals surface area contributed by atoms with Crippen molar-refractivity contribution in [3.8, 4) is 5.75 Å². The topological polar surface area (TPSA) is 123 Å². The summed E-state index contributed by atoms with van der Waals surface area (Å²) in [6.07, 6.45) is 1.39. The predicted octanol–water partition coefficient (Wildman–Crippen LogP) is 1.19. The number of hydrogen-bond acceptors (Lipinski definition) is 6. The number of nitrogens with zero attached hydrogens (tertiary/aromatic N) is 3. The fraction of sp³-hybridized carbons (Fsp3) is 0.450. The fourth-order valence-corrected chi connectivity index (χ4v) is 5.11. The highest BCUT2D eigenvalue weighted by atomic mass is 32.2. The van der Waals surface area contributed by atoms with Gasteiger partial charge in [-0.05, 0) is 44.9 Å². The van der Waals surface area contributed by atoms with Gasteiger partial charge in [-0.15, -0.1) is 0 Å². The second kappa shape index (κ2) is 9.38. The maximum absolute atomic E-state index is 12.4. The quantitative estimate of drug-likeness (QED) is 0.639.